The minimum Gasteiger partial charge on any atom is -0.302 e. The van der Waals surface area contributed by atoms with Gasteiger partial charge >= 0.3 is 0 Å². The lowest BCUT2D eigenvalue weighted by Crippen LogP contribution is -2.44. The highest BCUT2D eigenvalue weighted by Crippen LogP contribution is 2.36. The summed E-state index contributed by atoms with van der Waals surface area (Å²) in [6, 6.07) is 1.97. The number of halogens is 3. The van der Waals surface area contributed by atoms with Gasteiger partial charge < -0.3 is 4.79 Å². The van der Waals surface area contributed by atoms with Gasteiger partial charge in [0.1, 0.15) is 11.2 Å². The van der Waals surface area contributed by atoms with Gasteiger partial charge in [-0.1, -0.05) is 41.2 Å². The molecule has 1 fully saturated rings. The summed E-state index contributed by atoms with van der Waals surface area (Å²) in [5, 5.41) is 0.167. The average molecular weight is 357 g/mol. The van der Waals surface area contributed by atoms with Crippen LogP contribution in [0.3, 0.4) is 0 Å². The number of hydrogen-bond donors (Lipinski definition) is 0. The molecule has 8 heteroatoms. The molecule has 1 atom stereocenters. The minimum absolute atomic E-state index is 0.0438. The van der Waals surface area contributed by atoms with Gasteiger partial charge in [0.25, 0.3) is 0 Å². The van der Waals surface area contributed by atoms with Crippen LogP contribution in [0.4, 0.5) is 0 Å². The fraction of sp³-hybridized carbons (Fsp3) is 0.417. The first-order valence-electron chi connectivity index (χ1n) is 5.99. The summed E-state index contributed by atoms with van der Waals surface area (Å²) in [6.07, 6.45) is 2.67. The molecule has 20 heavy (non-hydrogen) atoms. The third-order valence-electron chi connectivity index (χ3n) is 3.19. The van der Waals surface area contributed by atoms with Crippen LogP contribution in [0.15, 0.2) is 17.0 Å². The van der Waals surface area contributed by atoms with Crippen molar-refractivity contribution in [2.24, 2.45) is 0 Å². The van der Waals surface area contributed by atoms with Crippen LogP contribution in [0, 0.1) is 0 Å². The maximum Gasteiger partial charge on any atom is 0.246 e. The lowest BCUT2D eigenvalue weighted by molar-refractivity contribution is -0.111. The number of nitrogens with zero attached hydrogens (tertiary/aromatic N) is 1. The molecule has 0 aliphatic carbocycles. The molecule has 4 nitrogen and oxygen atoms in total. The summed E-state index contributed by atoms with van der Waals surface area (Å²) in [7, 11) is -3.92. The summed E-state index contributed by atoms with van der Waals surface area (Å²) >= 11 is 17.7. The maximum atomic E-state index is 12.7. The van der Waals surface area contributed by atoms with Gasteiger partial charge in [0.2, 0.25) is 10.0 Å². The fourth-order valence-electron chi connectivity index (χ4n) is 2.26. The fourth-order valence-corrected chi connectivity index (χ4v) is 5.39. The Balaban J connectivity index is 2.52. The predicted octanol–water partition coefficient (Wildman–Crippen LogP) is 3.39. The van der Waals surface area contributed by atoms with Crippen molar-refractivity contribution in [3.05, 3.63) is 27.2 Å². The lowest BCUT2D eigenvalue weighted by atomic mass is 10.1. The molecule has 0 saturated carbocycles. The van der Waals surface area contributed by atoms with Crippen LogP contribution in [0.5, 0.6) is 0 Å². The van der Waals surface area contributed by atoms with Gasteiger partial charge in [0.05, 0.1) is 16.1 Å². The third-order valence-corrected chi connectivity index (χ3v) is 6.25. The van der Waals surface area contributed by atoms with Crippen LogP contribution >= 0.6 is 34.8 Å². The molecule has 0 radical (unpaired) electrons. The van der Waals surface area contributed by atoms with Crippen molar-refractivity contribution in [3.63, 3.8) is 0 Å². The molecule has 0 aromatic heterocycles. The molecule has 110 valence electrons. The van der Waals surface area contributed by atoms with Crippen LogP contribution in [0.25, 0.3) is 0 Å². The number of piperidine rings is 1. The third kappa shape index (κ3) is 2.97. The van der Waals surface area contributed by atoms with Gasteiger partial charge in [-0.05, 0) is 25.0 Å². The molecule has 1 saturated heterocycles. The monoisotopic (exact) mass is 355 g/mol. The molecule has 0 N–H and O–H groups in total. The van der Waals surface area contributed by atoms with E-state index >= 15 is 0 Å². The Bertz CT molecular complexity index is 610. The largest absolute Gasteiger partial charge is 0.302 e. The number of sulfonamides is 1. The second-order valence-electron chi connectivity index (χ2n) is 4.51. The molecule has 2 rings (SSSR count). The highest BCUT2D eigenvalue weighted by atomic mass is 35.5. The zero-order valence-corrected chi connectivity index (χ0v) is 13.4. The Labute approximate surface area is 132 Å². The summed E-state index contributed by atoms with van der Waals surface area (Å²) in [5.74, 6) is 0. The van der Waals surface area contributed by atoms with Crippen LogP contribution in [0.2, 0.25) is 15.1 Å². The van der Waals surface area contributed by atoms with Crippen LogP contribution < -0.4 is 0 Å². The van der Waals surface area contributed by atoms with E-state index in [1.807, 2.05) is 0 Å². The Morgan fingerprint density at radius 2 is 1.75 bits per heavy atom. The first-order chi connectivity index (χ1) is 9.37. The van der Waals surface area contributed by atoms with Crippen molar-refractivity contribution in [3.8, 4) is 0 Å². The van der Waals surface area contributed by atoms with E-state index in [2.05, 4.69) is 0 Å². The number of rotatable bonds is 3. The summed E-state index contributed by atoms with van der Waals surface area (Å²) in [5.41, 5.74) is 0. The van der Waals surface area contributed by atoms with E-state index < -0.39 is 16.1 Å². The maximum absolute atomic E-state index is 12.7. The van der Waals surface area contributed by atoms with Gasteiger partial charge in [0.15, 0.2) is 0 Å². The molecule has 1 unspecified atom stereocenters. The molecule has 1 aliphatic heterocycles. The molecule has 0 bridgehead atoms. The number of aldehydes is 1. The number of carbonyl (C=O) groups is 1. The van der Waals surface area contributed by atoms with Crippen molar-refractivity contribution in [1.82, 2.24) is 4.31 Å². The summed E-state index contributed by atoms with van der Waals surface area (Å²) in [4.78, 5) is 10.9. The van der Waals surface area contributed by atoms with E-state index in [1.165, 1.54) is 12.1 Å². The highest BCUT2D eigenvalue weighted by molar-refractivity contribution is 7.89. The van der Waals surface area contributed by atoms with Gasteiger partial charge in [-0.25, -0.2) is 8.42 Å². The zero-order chi connectivity index (χ0) is 14.9. The molecule has 1 aliphatic rings. The normalized spacial score (nSPS) is 20.9. The first kappa shape index (κ1) is 16.0. The lowest BCUT2D eigenvalue weighted by Gasteiger charge is -2.31. The number of carbonyl (C=O) groups excluding carboxylic acids is 1. The molecule has 0 amide bonds. The van der Waals surface area contributed by atoms with E-state index in [9.17, 15) is 13.2 Å². The smallest absolute Gasteiger partial charge is 0.246 e. The Hall–Kier alpha value is -0.330. The van der Waals surface area contributed by atoms with Crippen molar-refractivity contribution in [2.75, 3.05) is 6.54 Å². The van der Waals surface area contributed by atoms with E-state index in [0.29, 0.717) is 19.1 Å². The second kappa shape index (κ2) is 6.20. The average Bonchev–Trinajstić information content (AvgIpc) is 2.37. The van der Waals surface area contributed by atoms with Gasteiger partial charge in [-0.2, -0.15) is 4.31 Å². The molecule has 0 spiro atoms. The Morgan fingerprint density at radius 3 is 2.30 bits per heavy atom. The molecular weight excluding hydrogens is 345 g/mol. The van der Waals surface area contributed by atoms with Crippen LogP contribution in [0.1, 0.15) is 19.3 Å². The molecule has 1 heterocycles. The van der Waals surface area contributed by atoms with Crippen molar-refractivity contribution < 1.29 is 13.2 Å². The Morgan fingerprint density at radius 1 is 1.15 bits per heavy atom. The predicted molar refractivity (Wildman–Crippen MR) is 79.1 cm³/mol. The zero-order valence-electron chi connectivity index (χ0n) is 10.4. The van der Waals surface area contributed by atoms with Gasteiger partial charge in [0, 0.05) is 11.6 Å². The topological polar surface area (TPSA) is 54.5 Å². The van der Waals surface area contributed by atoms with Crippen LogP contribution in [-0.2, 0) is 14.8 Å². The van der Waals surface area contributed by atoms with E-state index in [1.54, 1.807) is 0 Å². The summed E-state index contributed by atoms with van der Waals surface area (Å²) in [6.45, 7) is 0.279. The quantitative estimate of drug-likeness (QED) is 0.780. The molecule has 1 aromatic carbocycles. The highest BCUT2D eigenvalue weighted by Gasteiger charge is 2.36. The van der Waals surface area contributed by atoms with Crippen molar-refractivity contribution in [2.45, 2.75) is 30.2 Å². The molecular formula is C12H12Cl3NO3S. The van der Waals surface area contributed by atoms with Crippen molar-refractivity contribution in [1.29, 1.82) is 0 Å². The van der Waals surface area contributed by atoms with Crippen LogP contribution in [-0.4, -0.2) is 31.6 Å². The Kier molecular flexibility index (Phi) is 4.97. The minimum atomic E-state index is -3.92. The summed E-state index contributed by atoms with van der Waals surface area (Å²) < 4.78 is 26.5. The first-order valence-corrected chi connectivity index (χ1v) is 8.57. The van der Waals surface area contributed by atoms with Gasteiger partial charge in [-0.15, -0.1) is 0 Å². The van der Waals surface area contributed by atoms with Crippen molar-refractivity contribution >= 4 is 51.1 Å². The van der Waals surface area contributed by atoms with E-state index in [0.717, 1.165) is 10.7 Å². The van der Waals surface area contributed by atoms with E-state index in [-0.39, 0.29) is 26.5 Å². The van der Waals surface area contributed by atoms with E-state index in [4.69, 9.17) is 34.8 Å². The second-order valence-corrected chi connectivity index (χ2v) is 7.59. The molecule has 1 aromatic rings. The van der Waals surface area contributed by atoms with Gasteiger partial charge in [-0.3, -0.25) is 0 Å². The number of hydrogen-bond acceptors (Lipinski definition) is 3. The number of benzene rings is 1. The standard InChI is InChI=1S/C12H12Cl3NO3S/c13-8-5-10(14)12(11(15)6-8)20(18,19)16-4-2-1-3-9(16)7-17/h5-7,9H,1-4H2. The SMILES string of the molecule is O=CC1CCCCN1S(=O)(=O)c1c(Cl)cc(Cl)cc1Cl.